The highest BCUT2D eigenvalue weighted by Gasteiger charge is 2.10. The van der Waals surface area contributed by atoms with Crippen molar-refractivity contribution in [2.45, 2.75) is 25.8 Å². The van der Waals surface area contributed by atoms with Crippen molar-refractivity contribution in [3.63, 3.8) is 0 Å². The first kappa shape index (κ1) is 11.2. The lowest BCUT2D eigenvalue weighted by atomic mass is 10.1. The molecule has 0 amide bonds. The summed E-state index contributed by atoms with van der Waals surface area (Å²) in [5, 5.41) is 14.9. The van der Waals surface area contributed by atoms with E-state index in [1.165, 1.54) is 4.80 Å². The van der Waals surface area contributed by atoms with Crippen LogP contribution in [0, 0.1) is 6.92 Å². The SMILES string of the molecule is Cc1nc(CC(N)Cc2nnn(C)n2)cs1. The summed E-state index contributed by atoms with van der Waals surface area (Å²) in [5.41, 5.74) is 7.04. The molecular formula is C9H14N6S. The van der Waals surface area contributed by atoms with Crippen molar-refractivity contribution in [3.05, 3.63) is 21.9 Å². The van der Waals surface area contributed by atoms with Gasteiger partial charge in [0.15, 0.2) is 5.82 Å². The van der Waals surface area contributed by atoms with E-state index in [9.17, 15) is 0 Å². The number of aromatic nitrogens is 5. The van der Waals surface area contributed by atoms with E-state index in [4.69, 9.17) is 5.73 Å². The molecular weight excluding hydrogens is 224 g/mol. The minimum absolute atomic E-state index is 0.00861. The van der Waals surface area contributed by atoms with Gasteiger partial charge in [-0.25, -0.2) is 4.98 Å². The highest BCUT2D eigenvalue weighted by molar-refractivity contribution is 7.09. The molecule has 1 atom stereocenters. The van der Waals surface area contributed by atoms with Gasteiger partial charge in [0.25, 0.3) is 0 Å². The number of hydrogen-bond acceptors (Lipinski definition) is 6. The average Bonchev–Trinajstić information content (AvgIpc) is 2.76. The Bertz CT molecular complexity index is 420. The number of hydrogen-bond donors (Lipinski definition) is 1. The molecule has 0 spiro atoms. The Labute approximate surface area is 97.5 Å². The average molecular weight is 238 g/mol. The van der Waals surface area contributed by atoms with Crippen LogP contribution in [-0.4, -0.2) is 31.2 Å². The first-order valence-corrected chi connectivity index (χ1v) is 5.91. The number of tetrazole rings is 1. The van der Waals surface area contributed by atoms with Crippen molar-refractivity contribution < 1.29 is 0 Å². The van der Waals surface area contributed by atoms with Crippen LogP contribution < -0.4 is 5.73 Å². The van der Waals surface area contributed by atoms with Gasteiger partial charge in [-0.2, -0.15) is 4.80 Å². The van der Waals surface area contributed by atoms with E-state index in [2.05, 4.69) is 20.4 Å². The van der Waals surface area contributed by atoms with Crippen molar-refractivity contribution in [1.82, 2.24) is 25.2 Å². The number of nitrogens with zero attached hydrogens (tertiary/aromatic N) is 5. The topological polar surface area (TPSA) is 82.5 Å². The Morgan fingerprint density at radius 1 is 1.50 bits per heavy atom. The summed E-state index contributed by atoms with van der Waals surface area (Å²) < 4.78 is 0. The lowest BCUT2D eigenvalue weighted by Gasteiger charge is -2.06. The molecule has 2 rings (SSSR count). The van der Waals surface area contributed by atoms with Gasteiger partial charge in [-0.3, -0.25) is 0 Å². The Morgan fingerprint density at radius 3 is 2.88 bits per heavy atom. The number of nitrogens with two attached hydrogens (primary N) is 1. The normalized spacial score (nSPS) is 12.9. The summed E-state index contributed by atoms with van der Waals surface area (Å²) in [6.07, 6.45) is 1.38. The highest BCUT2D eigenvalue weighted by atomic mass is 32.1. The van der Waals surface area contributed by atoms with Crippen molar-refractivity contribution in [2.24, 2.45) is 12.8 Å². The molecule has 6 nitrogen and oxygen atoms in total. The third-order valence-electron chi connectivity index (χ3n) is 2.13. The third kappa shape index (κ3) is 2.83. The van der Waals surface area contributed by atoms with Gasteiger partial charge in [0.1, 0.15) is 0 Å². The van der Waals surface area contributed by atoms with Crippen LogP contribution in [0.25, 0.3) is 0 Å². The lowest BCUT2D eigenvalue weighted by molar-refractivity contribution is 0.612. The van der Waals surface area contributed by atoms with Crippen LogP contribution in [-0.2, 0) is 19.9 Å². The van der Waals surface area contributed by atoms with E-state index in [1.807, 2.05) is 12.3 Å². The van der Waals surface area contributed by atoms with Crippen LogP contribution in [0.3, 0.4) is 0 Å². The summed E-state index contributed by atoms with van der Waals surface area (Å²) >= 11 is 1.64. The largest absolute Gasteiger partial charge is 0.327 e. The highest BCUT2D eigenvalue weighted by Crippen LogP contribution is 2.10. The predicted molar refractivity (Wildman–Crippen MR) is 61.0 cm³/mol. The zero-order chi connectivity index (χ0) is 11.5. The molecule has 1 unspecified atom stereocenters. The number of thiazole rings is 1. The van der Waals surface area contributed by atoms with Crippen LogP contribution >= 0.6 is 11.3 Å². The summed E-state index contributed by atoms with van der Waals surface area (Å²) in [6, 6.07) is -0.00861. The van der Waals surface area contributed by atoms with Gasteiger partial charge in [0, 0.05) is 24.3 Å². The summed E-state index contributed by atoms with van der Waals surface area (Å²) in [4.78, 5) is 5.81. The maximum absolute atomic E-state index is 6.00. The molecule has 86 valence electrons. The van der Waals surface area contributed by atoms with Crippen molar-refractivity contribution in [3.8, 4) is 0 Å². The van der Waals surface area contributed by atoms with E-state index in [0.29, 0.717) is 12.2 Å². The third-order valence-corrected chi connectivity index (χ3v) is 2.95. The molecule has 0 aromatic carbocycles. The molecule has 0 saturated carbocycles. The zero-order valence-corrected chi connectivity index (χ0v) is 10.1. The van der Waals surface area contributed by atoms with E-state index < -0.39 is 0 Å². The van der Waals surface area contributed by atoms with E-state index in [0.717, 1.165) is 17.1 Å². The molecule has 0 fully saturated rings. The Hall–Kier alpha value is -1.34. The van der Waals surface area contributed by atoms with Crippen molar-refractivity contribution in [1.29, 1.82) is 0 Å². The standard InChI is InChI=1S/C9H14N6S/c1-6-11-8(5-16-6)3-7(10)4-9-12-14-15(2)13-9/h5,7H,3-4,10H2,1-2H3. The quantitative estimate of drug-likeness (QED) is 0.816. The van der Waals surface area contributed by atoms with Crippen molar-refractivity contribution in [2.75, 3.05) is 0 Å². The van der Waals surface area contributed by atoms with Gasteiger partial charge in [0.05, 0.1) is 17.7 Å². The van der Waals surface area contributed by atoms with Crippen LogP contribution in [0.5, 0.6) is 0 Å². The number of rotatable bonds is 4. The van der Waals surface area contributed by atoms with Gasteiger partial charge < -0.3 is 5.73 Å². The molecule has 2 heterocycles. The minimum atomic E-state index is -0.00861. The molecule has 16 heavy (non-hydrogen) atoms. The fourth-order valence-corrected chi connectivity index (χ4v) is 2.11. The molecule has 0 radical (unpaired) electrons. The summed E-state index contributed by atoms with van der Waals surface area (Å²) in [6.45, 7) is 1.99. The van der Waals surface area contributed by atoms with E-state index in [1.54, 1.807) is 18.4 Å². The van der Waals surface area contributed by atoms with Crippen LogP contribution in [0.2, 0.25) is 0 Å². The monoisotopic (exact) mass is 238 g/mol. The maximum Gasteiger partial charge on any atom is 0.176 e. The summed E-state index contributed by atoms with van der Waals surface area (Å²) in [5.74, 6) is 0.682. The van der Waals surface area contributed by atoms with E-state index in [-0.39, 0.29) is 6.04 Å². The molecule has 0 aliphatic rings. The van der Waals surface area contributed by atoms with E-state index >= 15 is 0 Å². The van der Waals surface area contributed by atoms with Gasteiger partial charge in [-0.1, -0.05) is 0 Å². The zero-order valence-electron chi connectivity index (χ0n) is 9.29. The van der Waals surface area contributed by atoms with Crippen molar-refractivity contribution >= 4 is 11.3 Å². The molecule has 2 N–H and O–H groups in total. The first-order chi connectivity index (χ1) is 7.63. The fourth-order valence-electron chi connectivity index (χ4n) is 1.48. The molecule has 0 bridgehead atoms. The second-order valence-corrected chi connectivity index (χ2v) is 4.78. The molecule has 2 aromatic rings. The Balaban J connectivity index is 1.91. The van der Waals surface area contributed by atoms with Crippen LogP contribution in [0.1, 0.15) is 16.5 Å². The number of aryl methyl sites for hydroxylation is 2. The first-order valence-electron chi connectivity index (χ1n) is 5.03. The Kier molecular flexibility index (Phi) is 3.25. The van der Waals surface area contributed by atoms with Gasteiger partial charge in [0.2, 0.25) is 0 Å². The predicted octanol–water partition coefficient (Wildman–Crippen LogP) is 0.0875. The van der Waals surface area contributed by atoms with Crippen LogP contribution in [0.15, 0.2) is 5.38 Å². The maximum atomic E-state index is 6.00. The Morgan fingerprint density at radius 2 is 2.31 bits per heavy atom. The lowest BCUT2D eigenvalue weighted by Crippen LogP contribution is -2.26. The second-order valence-electron chi connectivity index (χ2n) is 3.72. The second kappa shape index (κ2) is 4.67. The van der Waals surface area contributed by atoms with Gasteiger partial charge >= 0.3 is 0 Å². The molecule has 0 aliphatic heterocycles. The molecule has 0 saturated heterocycles. The minimum Gasteiger partial charge on any atom is -0.327 e. The fraction of sp³-hybridized carbons (Fsp3) is 0.556. The smallest absolute Gasteiger partial charge is 0.176 e. The molecule has 2 aromatic heterocycles. The summed E-state index contributed by atoms with van der Waals surface area (Å²) in [7, 11) is 1.74. The van der Waals surface area contributed by atoms with Gasteiger partial charge in [-0.15, -0.1) is 21.5 Å². The van der Waals surface area contributed by atoms with Crippen LogP contribution in [0.4, 0.5) is 0 Å². The molecule has 7 heteroatoms. The van der Waals surface area contributed by atoms with Gasteiger partial charge in [-0.05, 0) is 12.1 Å². The molecule has 0 aliphatic carbocycles.